The van der Waals surface area contributed by atoms with Crippen LogP contribution in [0.2, 0.25) is 0 Å². The quantitative estimate of drug-likeness (QED) is 0.910. The van der Waals surface area contributed by atoms with Gasteiger partial charge in [-0.3, -0.25) is 0 Å². The summed E-state index contributed by atoms with van der Waals surface area (Å²) < 4.78 is 40.2. The Balaban J connectivity index is 2.17. The van der Waals surface area contributed by atoms with Gasteiger partial charge in [-0.2, -0.15) is 0 Å². The first-order valence-corrected chi connectivity index (χ1v) is 6.67. The van der Waals surface area contributed by atoms with Crippen LogP contribution in [0.1, 0.15) is 16.5 Å². The first-order chi connectivity index (χ1) is 8.87. The highest BCUT2D eigenvalue weighted by Gasteiger charge is 2.31. The minimum atomic E-state index is -4.72. The summed E-state index contributed by atoms with van der Waals surface area (Å²) in [5, 5.41) is 10.1. The molecule has 1 heterocycles. The highest BCUT2D eigenvalue weighted by atomic mass is 79.9. The van der Waals surface area contributed by atoms with Crippen LogP contribution in [0.3, 0.4) is 0 Å². The Kier molecular flexibility index (Phi) is 4.12. The Morgan fingerprint density at radius 3 is 2.37 bits per heavy atom. The monoisotopic (exact) mass is 353 g/mol. The predicted octanol–water partition coefficient (Wildman–Crippen LogP) is 3.89. The van der Waals surface area contributed by atoms with Gasteiger partial charge in [0.25, 0.3) is 0 Å². The van der Waals surface area contributed by atoms with Crippen LogP contribution >= 0.6 is 27.3 Å². The molecule has 1 unspecified atom stereocenters. The topological polar surface area (TPSA) is 42.4 Å². The lowest BCUT2D eigenvalue weighted by atomic mass is 10.1. The third-order valence-corrected chi connectivity index (χ3v) is 4.00. The number of aromatic nitrogens is 1. The SMILES string of the molecule is OC(c1ccc(OC(F)(F)F)cc1)c1scnc1Br. The summed E-state index contributed by atoms with van der Waals surface area (Å²) in [5.74, 6) is -0.327. The maximum atomic E-state index is 12.0. The molecule has 8 heteroatoms. The maximum absolute atomic E-state index is 12.0. The number of hydrogen-bond donors (Lipinski definition) is 1. The molecule has 0 bridgehead atoms. The molecule has 2 aromatic rings. The van der Waals surface area contributed by atoms with E-state index in [1.807, 2.05) is 0 Å². The molecule has 0 aliphatic heterocycles. The number of ether oxygens (including phenoxy) is 1. The Bertz CT molecular complexity index is 556. The molecule has 0 saturated heterocycles. The number of thiazole rings is 1. The molecule has 1 aromatic heterocycles. The van der Waals surface area contributed by atoms with E-state index in [2.05, 4.69) is 25.7 Å². The van der Waals surface area contributed by atoms with Crippen LogP contribution in [0.25, 0.3) is 0 Å². The van der Waals surface area contributed by atoms with Gasteiger partial charge < -0.3 is 9.84 Å². The number of rotatable bonds is 3. The molecule has 19 heavy (non-hydrogen) atoms. The molecule has 0 amide bonds. The van der Waals surface area contributed by atoms with E-state index in [-0.39, 0.29) is 5.75 Å². The third-order valence-electron chi connectivity index (χ3n) is 2.23. The fraction of sp³-hybridized carbons (Fsp3) is 0.182. The lowest BCUT2D eigenvalue weighted by Gasteiger charge is -2.12. The highest BCUT2D eigenvalue weighted by molar-refractivity contribution is 9.10. The van der Waals surface area contributed by atoms with Crippen molar-refractivity contribution in [3.8, 4) is 5.75 Å². The zero-order chi connectivity index (χ0) is 14.0. The highest BCUT2D eigenvalue weighted by Crippen LogP contribution is 2.32. The number of aliphatic hydroxyl groups is 1. The second-order valence-corrected chi connectivity index (χ2v) is 5.16. The molecule has 0 fully saturated rings. The van der Waals surface area contributed by atoms with Gasteiger partial charge in [0.1, 0.15) is 16.5 Å². The second-order valence-electron chi connectivity index (χ2n) is 3.53. The van der Waals surface area contributed by atoms with Crippen molar-refractivity contribution < 1.29 is 23.0 Å². The Labute approximate surface area is 118 Å². The zero-order valence-corrected chi connectivity index (χ0v) is 11.6. The molecule has 0 radical (unpaired) electrons. The molecule has 0 spiro atoms. The van der Waals surface area contributed by atoms with Crippen LogP contribution in [0.4, 0.5) is 13.2 Å². The summed E-state index contributed by atoms with van der Waals surface area (Å²) in [4.78, 5) is 4.52. The number of aliphatic hydroxyl groups excluding tert-OH is 1. The Hall–Kier alpha value is -1.12. The van der Waals surface area contributed by atoms with E-state index in [1.54, 1.807) is 5.51 Å². The van der Waals surface area contributed by atoms with Crippen molar-refractivity contribution in [3.05, 3.63) is 44.8 Å². The van der Waals surface area contributed by atoms with Crippen LogP contribution in [0.5, 0.6) is 5.75 Å². The summed E-state index contributed by atoms with van der Waals surface area (Å²) in [7, 11) is 0. The lowest BCUT2D eigenvalue weighted by Crippen LogP contribution is -2.17. The van der Waals surface area contributed by atoms with Gasteiger partial charge in [-0.25, -0.2) is 4.98 Å². The number of nitrogens with zero attached hydrogens (tertiary/aromatic N) is 1. The van der Waals surface area contributed by atoms with Crippen molar-refractivity contribution in [3.63, 3.8) is 0 Å². The summed E-state index contributed by atoms with van der Waals surface area (Å²) in [6, 6.07) is 5.05. The smallest absolute Gasteiger partial charge is 0.406 e. The van der Waals surface area contributed by atoms with Gasteiger partial charge in [0, 0.05) is 0 Å². The summed E-state index contributed by atoms with van der Waals surface area (Å²) in [5.41, 5.74) is 2.02. The molecule has 0 aliphatic rings. The second kappa shape index (κ2) is 5.48. The molecule has 0 saturated carbocycles. The van der Waals surface area contributed by atoms with E-state index in [0.29, 0.717) is 15.0 Å². The van der Waals surface area contributed by atoms with Crippen molar-refractivity contribution in [1.29, 1.82) is 0 Å². The molecule has 1 N–H and O–H groups in total. The number of hydrogen-bond acceptors (Lipinski definition) is 4. The van der Waals surface area contributed by atoms with Gasteiger partial charge in [-0.05, 0) is 33.6 Å². The fourth-order valence-electron chi connectivity index (χ4n) is 1.42. The standard InChI is InChI=1S/C11H7BrF3NO2S/c12-10-9(19-5-16-10)8(17)6-1-3-7(4-2-6)18-11(13,14)15/h1-5,8,17H. The Morgan fingerprint density at radius 2 is 1.89 bits per heavy atom. The summed E-state index contributed by atoms with van der Waals surface area (Å²) >= 11 is 4.43. The third kappa shape index (κ3) is 3.68. The molecule has 0 aliphatic carbocycles. The van der Waals surface area contributed by atoms with Gasteiger partial charge in [-0.1, -0.05) is 12.1 Å². The molecular formula is C11H7BrF3NO2S. The van der Waals surface area contributed by atoms with Crippen LogP contribution in [-0.2, 0) is 0 Å². The van der Waals surface area contributed by atoms with E-state index in [4.69, 9.17) is 0 Å². The van der Waals surface area contributed by atoms with Crippen LogP contribution in [-0.4, -0.2) is 16.5 Å². The average molecular weight is 354 g/mol. The van der Waals surface area contributed by atoms with Crippen molar-refractivity contribution in [2.24, 2.45) is 0 Å². The fourth-order valence-corrected chi connectivity index (χ4v) is 2.84. The van der Waals surface area contributed by atoms with Crippen LogP contribution in [0.15, 0.2) is 34.4 Å². The maximum Gasteiger partial charge on any atom is 0.573 e. The van der Waals surface area contributed by atoms with Gasteiger partial charge in [-0.15, -0.1) is 24.5 Å². The molecule has 1 aromatic carbocycles. The summed E-state index contributed by atoms with van der Waals surface area (Å²) in [6.45, 7) is 0. The molecule has 3 nitrogen and oxygen atoms in total. The van der Waals surface area contributed by atoms with Crippen molar-refractivity contribution in [2.45, 2.75) is 12.5 Å². The molecule has 102 valence electrons. The van der Waals surface area contributed by atoms with Gasteiger partial charge in [0.2, 0.25) is 0 Å². The van der Waals surface area contributed by atoms with E-state index < -0.39 is 12.5 Å². The number of halogens is 4. The number of alkyl halides is 3. The van der Waals surface area contributed by atoms with Gasteiger partial charge in [0.15, 0.2) is 0 Å². The first-order valence-electron chi connectivity index (χ1n) is 4.99. The zero-order valence-electron chi connectivity index (χ0n) is 9.19. The number of benzene rings is 1. The van der Waals surface area contributed by atoms with E-state index in [9.17, 15) is 18.3 Å². The minimum absolute atomic E-state index is 0.327. The average Bonchev–Trinajstić information content (AvgIpc) is 2.73. The van der Waals surface area contributed by atoms with E-state index in [1.165, 1.54) is 23.5 Å². The largest absolute Gasteiger partial charge is 0.573 e. The lowest BCUT2D eigenvalue weighted by molar-refractivity contribution is -0.274. The Morgan fingerprint density at radius 1 is 1.26 bits per heavy atom. The molecule has 2 rings (SSSR count). The van der Waals surface area contributed by atoms with E-state index in [0.717, 1.165) is 12.1 Å². The van der Waals surface area contributed by atoms with Gasteiger partial charge >= 0.3 is 6.36 Å². The first kappa shape index (κ1) is 14.3. The van der Waals surface area contributed by atoms with Crippen molar-refractivity contribution >= 4 is 27.3 Å². The van der Waals surface area contributed by atoms with Crippen molar-refractivity contribution in [1.82, 2.24) is 4.98 Å². The predicted molar refractivity (Wildman–Crippen MR) is 67.0 cm³/mol. The molecular weight excluding hydrogens is 347 g/mol. The van der Waals surface area contributed by atoms with E-state index >= 15 is 0 Å². The minimum Gasteiger partial charge on any atom is -0.406 e. The normalized spacial score (nSPS) is 13.3. The van der Waals surface area contributed by atoms with Crippen molar-refractivity contribution in [2.75, 3.05) is 0 Å². The summed E-state index contributed by atoms with van der Waals surface area (Å²) in [6.07, 6.45) is -5.66. The van der Waals surface area contributed by atoms with Crippen LogP contribution < -0.4 is 4.74 Å². The van der Waals surface area contributed by atoms with Gasteiger partial charge in [0.05, 0.1) is 10.4 Å². The van der Waals surface area contributed by atoms with Crippen LogP contribution in [0, 0.1) is 0 Å². The molecule has 1 atom stereocenters.